The molecule has 0 aliphatic carbocycles. The largest absolute Gasteiger partial charge is 0.503 e. The summed E-state index contributed by atoms with van der Waals surface area (Å²) in [6, 6.07) is 4.13. The van der Waals surface area contributed by atoms with E-state index in [2.05, 4.69) is 5.32 Å². The van der Waals surface area contributed by atoms with Gasteiger partial charge in [0.05, 0.1) is 17.7 Å². The Morgan fingerprint density at radius 1 is 1.37 bits per heavy atom. The molecule has 5 rings (SSSR count). The Balaban J connectivity index is 1.54. The minimum atomic E-state index is -0.909. The molecule has 3 aliphatic heterocycles. The summed E-state index contributed by atoms with van der Waals surface area (Å²) in [6.45, 7) is 0.575. The molecule has 0 saturated carbocycles. The van der Waals surface area contributed by atoms with Crippen LogP contribution in [0.1, 0.15) is 44.6 Å². The summed E-state index contributed by atoms with van der Waals surface area (Å²) in [7, 11) is 0. The normalized spacial score (nSPS) is 21.5. The fourth-order valence-electron chi connectivity index (χ4n) is 4.57. The van der Waals surface area contributed by atoms with Gasteiger partial charge < -0.3 is 24.6 Å². The predicted molar refractivity (Wildman–Crippen MR) is 103 cm³/mol. The maximum atomic E-state index is 14.1. The van der Waals surface area contributed by atoms with Crippen molar-refractivity contribution in [3.05, 3.63) is 61.8 Å². The zero-order valence-electron chi connectivity index (χ0n) is 15.7. The minimum Gasteiger partial charge on any atom is -0.503 e. The van der Waals surface area contributed by atoms with Crippen molar-refractivity contribution in [2.75, 3.05) is 13.2 Å². The third-order valence-corrected chi connectivity index (χ3v) is 6.21. The Labute approximate surface area is 174 Å². The molecule has 30 heavy (non-hydrogen) atoms. The van der Waals surface area contributed by atoms with E-state index in [4.69, 9.17) is 16.3 Å². The molecule has 156 valence electrons. The van der Waals surface area contributed by atoms with Crippen LogP contribution in [0.3, 0.4) is 0 Å². The van der Waals surface area contributed by atoms with Gasteiger partial charge in [0.1, 0.15) is 11.4 Å². The number of benzene rings is 1. The Kier molecular flexibility index (Phi) is 4.33. The highest BCUT2D eigenvalue weighted by Gasteiger charge is 2.49. The number of nitrogens with zero attached hydrogens (tertiary/aromatic N) is 2. The van der Waals surface area contributed by atoms with E-state index in [1.165, 1.54) is 17.0 Å². The molecular weight excluding hydrogens is 417 g/mol. The molecule has 8 nitrogen and oxygen atoms in total. The molecule has 1 aromatic heterocycles. The van der Waals surface area contributed by atoms with E-state index in [1.54, 1.807) is 10.6 Å². The molecule has 2 amide bonds. The van der Waals surface area contributed by atoms with E-state index in [-0.39, 0.29) is 34.4 Å². The number of halogens is 2. The zero-order chi connectivity index (χ0) is 21.2. The first-order valence-electron chi connectivity index (χ1n) is 9.54. The number of fused-ring (bicyclic) bond motifs is 2. The third-order valence-electron chi connectivity index (χ3n) is 5.91. The highest BCUT2D eigenvalue weighted by atomic mass is 35.5. The first-order valence-corrected chi connectivity index (χ1v) is 9.92. The van der Waals surface area contributed by atoms with Crippen LogP contribution >= 0.6 is 11.6 Å². The topological polar surface area (TPSA) is 101 Å². The van der Waals surface area contributed by atoms with Gasteiger partial charge in [-0.05, 0) is 18.9 Å². The fraction of sp³-hybridized carbons (Fsp3) is 0.350. The summed E-state index contributed by atoms with van der Waals surface area (Å²) in [5.74, 6) is -2.64. The molecule has 2 N–H and O–H groups in total. The molecule has 10 heteroatoms. The lowest BCUT2D eigenvalue weighted by Gasteiger charge is -2.36. The number of carbonyl (C=O) groups is 2. The van der Waals surface area contributed by atoms with E-state index in [1.807, 2.05) is 0 Å². The number of hydrogen-bond acceptors (Lipinski definition) is 5. The quantitative estimate of drug-likeness (QED) is 0.765. The Morgan fingerprint density at radius 2 is 2.17 bits per heavy atom. The van der Waals surface area contributed by atoms with Crippen LogP contribution in [0.25, 0.3) is 0 Å². The summed E-state index contributed by atoms with van der Waals surface area (Å²) in [4.78, 5) is 40.0. The van der Waals surface area contributed by atoms with Gasteiger partial charge in [-0.3, -0.25) is 14.4 Å². The maximum Gasteiger partial charge on any atom is 0.276 e. The highest BCUT2D eigenvalue weighted by Crippen LogP contribution is 2.41. The molecule has 2 atom stereocenters. The summed E-state index contributed by atoms with van der Waals surface area (Å²) in [5, 5.41) is 13.0. The first kappa shape index (κ1) is 19.1. The molecule has 4 heterocycles. The number of aromatic nitrogens is 1. The smallest absolute Gasteiger partial charge is 0.276 e. The van der Waals surface area contributed by atoms with Crippen LogP contribution < -0.4 is 10.7 Å². The standard InChI is InChI=1S/C20H17ClFN3O5/c21-10-3-1-2-9(14(10)22)8-23-18(28)13-11-4-5-12-20-24(6-7-30-20)19(29)15(25(11)12)17(27)16(13)26/h1-3,12,20,27H,4-8H2,(H,23,28). The lowest BCUT2D eigenvalue weighted by molar-refractivity contribution is -0.0124. The average Bonchev–Trinajstić information content (AvgIpc) is 3.37. The number of pyridine rings is 1. The van der Waals surface area contributed by atoms with Crippen LogP contribution in [0.15, 0.2) is 23.0 Å². The van der Waals surface area contributed by atoms with E-state index in [0.29, 0.717) is 31.7 Å². The number of amides is 2. The van der Waals surface area contributed by atoms with Crippen LogP contribution in [0.5, 0.6) is 5.75 Å². The van der Waals surface area contributed by atoms with E-state index in [9.17, 15) is 23.9 Å². The SMILES string of the molecule is O=C(NCc1cccc(Cl)c1F)c1c2n3c(c(O)c1=O)C(=O)N1CCOC1C3CC2. The average molecular weight is 434 g/mol. The number of ether oxygens (including phenoxy) is 1. The summed E-state index contributed by atoms with van der Waals surface area (Å²) in [5.41, 5.74) is -0.701. The first-order chi connectivity index (χ1) is 14.4. The molecule has 1 fully saturated rings. The van der Waals surface area contributed by atoms with Gasteiger partial charge in [-0.2, -0.15) is 0 Å². The van der Waals surface area contributed by atoms with Crippen molar-refractivity contribution in [1.82, 2.24) is 14.8 Å². The second-order valence-corrected chi connectivity index (χ2v) is 7.89. The number of nitrogens with one attached hydrogen (secondary N) is 1. The maximum absolute atomic E-state index is 14.1. The summed E-state index contributed by atoms with van der Waals surface area (Å²) >= 11 is 5.76. The number of rotatable bonds is 3. The lowest BCUT2D eigenvalue weighted by atomic mass is 10.1. The molecule has 0 spiro atoms. The van der Waals surface area contributed by atoms with Crippen molar-refractivity contribution in [3.63, 3.8) is 0 Å². The molecule has 2 unspecified atom stereocenters. The van der Waals surface area contributed by atoms with Crippen molar-refractivity contribution in [2.24, 2.45) is 0 Å². The van der Waals surface area contributed by atoms with Gasteiger partial charge in [0.25, 0.3) is 11.8 Å². The van der Waals surface area contributed by atoms with Gasteiger partial charge in [-0.15, -0.1) is 0 Å². The van der Waals surface area contributed by atoms with Crippen molar-refractivity contribution in [1.29, 1.82) is 0 Å². The Morgan fingerprint density at radius 3 is 2.97 bits per heavy atom. The van der Waals surface area contributed by atoms with Crippen molar-refractivity contribution in [3.8, 4) is 5.75 Å². The number of aromatic hydroxyl groups is 1. The monoisotopic (exact) mass is 433 g/mol. The summed E-state index contributed by atoms with van der Waals surface area (Å²) in [6.07, 6.45) is 0.459. The van der Waals surface area contributed by atoms with Crippen molar-refractivity contribution < 1.29 is 23.8 Å². The van der Waals surface area contributed by atoms with Crippen molar-refractivity contribution >= 4 is 23.4 Å². The molecule has 0 radical (unpaired) electrons. The van der Waals surface area contributed by atoms with Crippen molar-refractivity contribution in [2.45, 2.75) is 31.7 Å². The van der Waals surface area contributed by atoms with Gasteiger partial charge in [0.2, 0.25) is 5.43 Å². The minimum absolute atomic E-state index is 0.0747. The van der Waals surface area contributed by atoms with Gasteiger partial charge in [-0.1, -0.05) is 23.7 Å². The van der Waals surface area contributed by atoms with Crippen LogP contribution in [0, 0.1) is 5.82 Å². The molecular formula is C20H17ClFN3O5. The van der Waals surface area contributed by atoms with Crippen LogP contribution in [0.2, 0.25) is 5.02 Å². The molecule has 2 aromatic rings. The molecule has 0 bridgehead atoms. The lowest BCUT2D eigenvalue weighted by Crippen LogP contribution is -2.48. The Bertz CT molecular complexity index is 1160. The highest BCUT2D eigenvalue weighted by molar-refractivity contribution is 6.30. The van der Waals surface area contributed by atoms with Gasteiger partial charge in [-0.25, -0.2) is 4.39 Å². The van der Waals surface area contributed by atoms with Crippen LogP contribution in [0.4, 0.5) is 4.39 Å². The van der Waals surface area contributed by atoms with Crippen LogP contribution in [-0.4, -0.2) is 45.8 Å². The Hall–Kier alpha value is -2.91. The summed E-state index contributed by atoms with van der Waals surface area (Å²) < 4.78 is 21.4. The van der Waals surface area contributed by atoms with Crippen LogP contribution in [-0.2, 0) is 17.7 Å². The van der Waals surface area contributed by atoms with E-state index < -0.39 is 35.0 Å². The van der Waals surface area contributed by atoms with Gasteiger partial charge in [0, 0.05) is 24.3 Å². The molecule has 1 saturated heterocycles. The zero-order valence-corrected chi connectivity index (χ0v) is 16.4. The van der Waals surface area contributed by atoms with Gasteiger partial charge in [0.15, 0.2) is 17.7 Å². The molecule has 3 aliphatic rings. The number of hydrogen-bond donors (Lipinski definition) is 2. The van der Waals surface area contributed by atoms with E-state index in [0.717, 1.165) is 0 Å². The second-order valence-electron chi connectivity index (χ2n) is 7.48. The predicted octanol–water partition coefficient (Wildman–Crippen LogP) is 1.58. The third kappa shape index (κ3) is 2.58. The fourth-order valence-corrected chi connectivity index (χ4v) is 4.76. The second kappa shape index (κ2) is 6.82. The molecule has 1 aromatic carbocycles. The van der Waals surface area contributed by atoms with E-state index >= 15 is 0 Å². The number of carbonyl (C=O) groups excluding carboxylic acids is 2. The van der Waals surface area contributed by atoms with Gasteiger partial charge >= 0.3 is 0 Å².